The first-order valence-electron chi connectivity index (χ1n) is 16.2. The molecule has 4 N–H and O–H groups in total. The lowest BCUT2D eigenvalue weighted by Crippen LogP contribution is -2.31. The quantitative estimate of drug-likeness (QED) is 0.105. The molecule has 0 saturated carbocycles. The molecule has 0 bridgehead atoms. The Labute approximate surface area is 296 Å². The highest BCUT2D eigenvalue weighted by Gasteiger charge is 2.34. The Hall–Kier alpha value is -5.02. The molecular formula is C35H36ClF4N7O4. The van der Waals surface area contributed by atoms with Crippen LogP contribution >= 0.6 is 12.4 Å². The van der Waals surface area contributed by atoms with Gasteiger partial charge in [-0.05, 0) is 42.5 Å². The number of hydrogen-bond acceptors (Lipinski definition) is 8. The Bertz CT molecular complexity index is 2040. The number of hydrogen-bond donors (Lipinski definition) is 3. The number of H-pyrrole nitrogens is 1. The molecule has 0 amide bonds. The monoisotopic (exact) mass is 729 g/mol. The van der Waals surface area contributed by atoms with Crippen molar-refractivity contribution in [2.24, 2.45) is 5.73 Å². The maximum atomic E-state index is 16.7. The first kappa shape index (κ1) is 37.2. The molecule has 0 saturated heterocycles. The number of aromatic nitrogens is 5. The van der Waals surface area contributed by atoms with E-state index in [0.717, 1.165) is 34.9 Å². The van der Waals surface area contributed by atoms with Crippen LogP contribution in [0.1, 0.15) is 60.2 Å². The molecule has 5 aromatic rings. The number of nitrogens with zero attached hydrogens (tertiary/aromatic N) is 5. The molecule has 4 heterocycles. The van der Waals surface area contributed by atoms with Gasteiger partial charge in [-0.1, -0.05) is 32.0 Å². The summed E-state index contributed by atoms with van der Waals surface area (Å²) in [6.07, 6.45) is 0.0222. The van der Waals surface area contributed by atoms with Gasteiger partial charge in [0.05, 0.1) is 28.2 Å². The summed E-state index contributed by atoms with van der Waals surface area (Å²) in [7, 11) is 0. The van der Waals surface area contributed by atoms with Crippen molar-refractivity contribution >= 4 is 41.2 Å². The lowest BCUT2D eigenvalue weighted by Gasteiger charge is -2.27. The number of benzene rings is 2. The fourth-order valence-electron chi connectivity index (χ4n) is 6.33. The predicted molar refractivity (Wildman–Crippen MR) is 183 cm³/mol. The zero-order valence-corrected chi connectivity index (χ0v) is 28.6. The van der Waals surface area contributed by atoms with E-state index >= 15 is 4.39 Å². The van der Waals surface area contributed by atoms with Crippen LogP contribution < -0.4 is 10.6 Å². The number of nitrogens with two attached hydrogens (primary N) is 1. The van der Waals surface area contributed by atoms with Gasteiger partial charge in [0, 0.05) is 66.6 Å². The summed E-state index contributed by atoms with van der Waals surface area (Å²) in [6.45, 7) is 4.33. The third-order valence-corrected chi connectivity index (χ3v) is 8.94. The van der Waals surface area contributed by atoms with E-state index in [0.29, 0.717) is 53.5 Å². The van der Waals surface area contributed by atoms with Crippen molar-refractivity contribution in [1.29, 1.82) is 0 Å². The molecule has 1 unspecified atom stereocenters. The summed E-state index contributed by atoms with van der Waals surface area (Å²) in [5, 5.41) is 14.5. The number of aromatic amines is 1. The highest BCUT2D eigenvalue weighted by Crippen LogP contribution is 2.41. The number of carbonyl (C=O) groups excluding carboxylic acids is 1. The number of para-hydroxylation sites is 1. The Morgan fingerprint density at radius 1 is 1.10 bits per heavy atom. The van der Waals surface area contributed by atoms with Crippen molar-refractivity contribution in [3.8, 4) is 16.9 Å². The smallest absolute Gasteiger partial charge is 0.419 e. The largest absolute Gasteiger partial charge is 0.480 e. The molecule has 0 spiro atoms. The number of carbonyl (C=O) groups is 2. The molecule has 16 heteroatoms. The van der Waals surface area contributed by atoms with Crippen LogP contribution in [0, 0.1) is 5.82 Å². The van der Waals surface area contributed by atoms with Crippen LogP contribution in [0.3, 0.4) is 0 Å². The molecule has 0 fully saturated rings. The molecule has 6 rings (SSSR count). The topological polar surface area (TPSA) is 152 Å². The van der Waals surface area contributed by atoms with Crippen LogP contribution in [0.5, 0.6) is 0 Å². The first-order valence-corrected chi connectivity index (χ1v) is 16.2. The van der Waals surface area contributed by atoms with Gasteiger partial charge in [0.15, 0.2) is 0 Å². The summed E-state index contributed by atoms with van der Waals surface area (Å²) >= 11 is 0. The summed E-state index contributed by atoms with van der Waals surface area (Å²) in [5.41, 5.74) is 10.4. The van der Waals surface area contributed by atoms with Gasteiger partial charge < -0.3 is 25.5 Å². The van der Waals surface area contributed by atoms with Gasteiger partial charge in [-0.15, -0.1) is 12.4 Å². The zero-order valence-electron chi connectivity index (χ0n) is 27.8. The van der Waals surface area contributed by atoms with Crippen LogP contribution in [0.25, 0.3) is 27.8 Å². The van der Waals surface area contributed by atoms with Gasteiger partial charge in [-0.25, -0.2) is 19.0 Å². The average Bonchev–Trinajstić information content (AvgIpc) is 3.74. The number of esters is 1. The van der Waals surface area contributed by atoms with Gasteiger partial charge in [-0.2, -0.15) is 18.3 Å². The number of rotatable bonds is 11. The van der Waals surface area contributed by atoms with Crippen LogP contribution in [-0.2, 0) is 52.9 Å². The SMILES string of the molecule is CCc1cccc(CC)c1-n1nc2c(c1-c1c(F)cc(COC(=O)CCC(N)C(=O)O)c3[nH]ccc13)CN(c1ncc(C(F)(F)F)cn1)CC2.Cl. The van der Waals surface area contributed by atoms with E-state index < -0.39 is 35.5 Å². The number of alkyl halides is 3. The Morgan fingerprint density at radius 3 is 2.41 bits per heavy atom. The van der Waals surface area contributed by atoms with Crippen LogP contribution in [0.2, 0.25) is 0 Å². The van der Waals surface area contributed by atoms with Crippen LogP contribution in [0.4, 0.5) is 23.5 Å². The van der Waals surface area contributed by atoms with Gasteiger partial charge in [-0.3, -0.25) is 9.59 Å². The number of anilines is 1. The third kappa shape index (κ3) is 7.40. The summed E-state index contributed by atoms with van der Waals surface area (Å²) < 4.78 is 63.6. The summed E-state index contributed by atoms with van der Waals surface area (Å²) in [4.78, 5) is 36.3. The fraction of sp³-hybridized carbons (Fsp3) is 0.343. The van der Waals surface area contributed by atoms with Crippen molar-refractivity contribution < 1.29 is 37.0 Å². The minimum absolute atomic E-state index is 0. The van der Waals surface area contributed by atoms with Crippen molar-refractivity contribution in [2.75, 3.05) is 11.4 Å². The third-order valence-electron chi connectivity index (χ3n) is 8.94. The minimum Gasteiger partial charge on any atom is -0.480 e. The summed E-state index contributed by atoms with van der Waals surface area (Å²) in [5.74, 6) is -2.39. The second kappa shape index (κ2) is 15.1. The van der Waals surface area contributed by atoms with E-state index in [1.807, 2.05) is 32.0 Å². The molecule has 0 radical (unpaired) electrons. The lowest BCUT2D eigenvalue weighted by atomic mass is 9.95. The standard InChI is InChI=1S/C35H35F4N7O4.ClH/c1-3-19-6-5-7-20(4-2)31(19)46-32(24-17-45(13-11-27(24)44-46)34-42-15-22(16-43-34)35(37,38)39)29-23-10-12-41-30(23)21(14-25(29)36)18-50-28(47)9-8-26(40)33(48)49;/h5-7,10,12,14-16,26,41H,3-4,8-9,11,13,17-18,40H2,1-2H3,(H,48,49);1H. The first-order chi connectivity index (χ1) is 23.9. The van der Waals surface area contributed by atoms with Crippen molar-refractivity contribution in [1.82, 2.24) is 24.7 Å². The second-order valence-corrected chi connectivity index (χ2v) is 12.1. The van der Waals surface area contributed by atoms with Crippen molar-refractivity contribution in [3.63, 3.8) is 0 Å². The maximum absolute atomic E-state index is 16.7. The van der Waals surface area contributed by atoms with E-state index in [9.17, 15) is 22.8 Å². The highest BCUT2D eigenvalue weighted by atomic mass is 35.5. The number of halogens is 5. The van der Waals surface area contributed by atoms with E-state index in [2.05, 4.69) is 15.0 Å². The van der Waals surface area contributed by atoms with E-state index in [4.69, 9.17) is 20.7 Å². The number of carboxylic acids is 1. The second-order valence-electron chi connectivity index (χ2n) is 12.1. The minimum atomic E-state index is -4.58. The van der Waals surface area contributed by atoms with E-state index in [1.165, 1.54) is 6.07 Å². The molecule has 2 aromatic carbocycles. The van der Waals surface area contributed by atoms with E-state index in [-0.39, 0.29) is 49.9 Å². The Morgan fingerprint density at radius 2 is 1.78 bits per heavy atom. The number of aliphatic carboxylic acids is 1. The predicted octanol–water partition coefficient (Wildman–Crippen LogP) is 6.31. The number of ether oxygens (including phenoxy) is 1. The van der Waals surface area contributed by atoms with Gasteiger partial charge >= 0.3 is 18.1 Å². The molecule has 0 aliphatic carbocycles. The lowest BCUT2D eigenvalue weighted by molar-refractivity contribution is -0.145. The number of fused-ring (bicyclic) bond motifs is 2. The molecule has 1 aliphatic rings. The Balaban J connectivity index is 0.00000504. The van der Waals surface area contributed by atoms with Crippen molar-refractivity contribution in [2.45, 2.75) is 71.3 Å². The highest BCUT2D eigenvalue weighted by molar-refractivity contribution is 5.98. The normalized spacial score (nSPS) is 13.5. The van der Waals surface area contributed by atoms with Crippen LogP contribution in [0.15, 0.2) is 48.9 Å². The molecular weight excluding hydrogens is 694 g/mol. The average molecular weight is 730 g/mol. The Kier molecular flexibility index (Phi) is 11.0. The van der Waals surface area contributed by atoms with E-state index in [1.54, 1.807) is 21.8 Å². The number of carboxylic acid groups (broad SMARTS) is 1. The molecule has 270 valence electrons. The fourth-order valence-corrected chi connectivity index (χ4v) is 6.33. The maximum Gasteiger partial charge on any atom is 0.419 e. The van der Waals surface area contributed by atoms with Gasteiger partial charge in [0.1, 0.15) is 18.5 Å². The molecule has 51 heavy (non-hydrogen) atoms. The number of aryl methyl sites for hydroxylation is 2. The summed E-state index contributed by atoms with van der Waals surface area (Å²) in [6, 6.07) is 7.79. The van der Waals surface area contributed by atoms with Crippen LogP contribution in [-0.4, -0.2) is 54.4 Å². The van der Waals surface area contributed by atoms with Crippen molar-refractivity contribution in [3.05, 3.63) is 88.3 Å². The van der Waals surface area contributed by atoms with Gasteiger partial charge in [0.25, 0.3) is 0 Å². The molecule has 3 aromatic heterocycles. The van der Waals surface area contributed by atoms with Gasteiger partial charge in [0.2, 0.25) is 5.95 Å². The molecule has 1 aliphatic heterocycles. The zero-order chi connectivity index (χ0) is 35.7. The molecule has 11 nitrogen and oxygen atoms in total. The molecule has 1 atom stereocenters. The number of nitrogens with one attached hydrogen (secondary N) is 1.